The van der Waals surface area contributed by atoms with E-state index in [9.17, 15) is 4.79 Å². The zero-order valence-corrected chi connectivity index (χ0v) is 13.8. The monoisotopic (exact) mass is 333 g/mol. The maximum Gasteiger partial charge on any atom is 0.265 e. The summed E-state index contributed by atoms with van der Waals surface area (Å²) in [5.74, 6) is -0.133. The molecule has 2 aromatic heterocycles. The van der Waals surface area contributed by atoms with Crippen LogP contribution < -0.4 is 5.32 Å². The SMILES string of the molecule is Cc1nnsc1C(=O)NCC(c1ccccn1)N1CCOCC1. The van der Waals surface area contributed by atoms with Crippen LogP contribution in [0.4, 0.5) is 0 Å². The van der Waals surface area contributed by atoms with E-state index in [0.717, 1.165) is 30.3 Å². The van der Waals surface area contributed by atoms with Crippen molar-refractivity contribution in [2.75, 3.05) is 32.8 Å². The molecule has 3 rings (SSSR count). The lowest BCUT2D eigenvalue weighted by Crippen LogP contribution is -2.44. The number of ether oxygens (including phenoxy) is 1. The summed E-state index contributed by atoms with van der Waals surface area (Å²) < 4.78 is 9.23. The van der Waals surface area contributed by atoms with Gasteiger partial charge in [-0.1, -0.05) is 10.6 Å². The number of carbonyl (C=O) groups excluding carboxylic acids is 1. The number of pyridine rings is 1. The van der Waals surface area contributed by atoms with E-state index in [-0.39, 0.29) is 11.9 Å². The molecule has 8 heteroatoms. The third-order valence-corrected chi connectivity index (χ3v) is 4.66. The Morgan fingerprint density at radius 3 is 2.91 bits per heavy atom. The molecule has 1 amide bonds. The van der Waals surface area contributed by atoms with Gasteiger partial charge >= 0.3 is 0 Å². The summed E-state index contributed by atoms with van der Waals surface area (Å²) in [7, 11) is 0. The smallest absolute Gasteiger partial charge is 0.265 e. The number of amides is 1. The van der Waals surface area contributed by atoms with E-state index in [2.05, 4.69) is 24.8 Å². The van der Waals surface area contributed by atoms with Crippen LogP contribution in [0.25, 0.3) is 0 Å². The van der Waals surface area contributed by atoms with Crippen LogP contribution in [-0.2, 0) is 4.74 Å². The number of aromatic nitrogens is 3. The van der Waals surface area contributed by atoms with Crippen LogP contribution in [-0.4, -0.2) is 58.2 Å². The predicted molar refractivity (Wildman–Crippen MR) is 86.3 cm³/mol. The molecule has 1 unspecified atom stereocenters. The molecule has 0 aliphatic carbocycles. The van der Waals surface area contributed by atoms with Crippen LogP contribution in [0.2, 0.25) is 0 Å². The molecular formula is C15H19N5O2S. The van der Waals surface area contributed by atoms with Gasteiger partial charge in [0.25, 0.3) is 5.91 Å². The van der Waals surface area contributed by atoms with Crippen molar-refractivity contribution in [1.82, 2.24) is 24.8 Å². The van der Waals surface area contributed by atoms with E-state index in [1.165, 1.54) is 0 Å². The van der Waals surface area contributed by atoms with Crippen molar-refractivity contribution < 1.29 is 9.53 Å². The highest BCUT2D eigenvalue weighted by molar-refractivity contribution is 7.07. The number of morpholine rings is 1. The molecule has 1 aliphatic rings. The van der Waals surface area contributed by atoms with E-state index >= 15 is 0 Å². The van der Waals surface area contributed by atoms with Gasteiger partial charge < -0.3 is 10.1 Å². The Morgan fingerprint density at radius 1 is 1.43 bits per heavy atom. The lowest BCUT2D eigenvalue weighted by molar-refractivity contribution is 0.0154. The summed E-state index contributed by atoms with van der Waals surface area (Å²) in [6.45, 7) is 5.35. The van der Waals surface area contributed by atoms with Gasteiger partial charge in [0.05, 0.1) is 30.6 Å². The fourth-order valence-electron chi connectivity index (χ4n) is 2.59. The van der Waals surface area contributed by atoms with Crippen LogP contribution in [0.1, 0.15) is 27.1 Å². The highest BCUT2D eigenvalue weighted by atomic mass is 32.1. The van der Waals surface area contributed by atoms with Crippen LogP contribution >= 0.6 is 11.5 Å². The summed E-state index contributed by atoms with van der Waals surface area (Å²) >= 11 is 1.12. The van der Waals surface area contributed by atoms with Crippen molar-refractivity contribution in [3.8, 4) is 0 Å². The molecule has 0 spiro atoms. The molecule has 1 saturated heterocycles. The fourth-order valence-corrected chi connectivity index (χ4v) is 3.17. The van der Waals surface area contributed by atoms with Crippen LogP contribution in [0.5, 0.6) is 0 Å². The summed E-state index contributed by atoms with van der Waals surface area (Å²) in [6, 6.07) is 5.89. The summed E-state index contributed by atoms with van der Waals surface area (Å²) in [5, 5.41) is 6.87. The molecular weight excluding hydrogens is 314 g/mol. The number of rotatable bonds is 5. The van der Waals surface area contributed by atoms with Gasteiger partial charge in [-0.05, 0) is 30.6 Å². The minimum atomic E-state index is -0.133. The molecule has 0 radical (unpaired) electrons. The normalized spacial score (nSPS) is 16.9. The molecule has 0 aromatic carbocycles. The lowest BCUT2D eigenvalue weighted by Gasteiger charge is -2.34. The van der Waals surface area contributed by atoms with E-state index in [1.807, 2.05) is 18.2 Å². The summed E-state index contributed by atoms with van der Waals surface area (Å²) in [5.41, 5.74) is 1.61. The molecule has 0 bridgehead atoms. The number of nitrogens with zero attached hydrogens (tertiary/aromatic N) is 4. The number of aryl methyl sites for hydroxylation is 1. The molecule has 122 valence electrons. The molecule has 23 heavy (non-hydrogen) atoms. The quantitative estimate of drug-likeness (QED) is 0.881. The average molecular weight is 333 g/mol. The van der Waals surface area contributed by atoms with Crippen LogP contribution in [0, 0.1) is 6.92 Å². The van der Waals surface area contributed by atoms with Gasteiger partial charge in [0.15, 0.2) is 0 Å². The standard InChI is InChI=1S/C15H19N5O2S/c1-11-14(23-19-18-11)15(21)17-10-13(12-4-2-3-5-16-12)20-6-8-22-9-7-20/h2-5,13H,6-10H2,1H3,(H,17,21). The van der Waals surface area contributed by atoms with Gasteiger partial charge in [0.2, 0.25) is 0 Å². The van der Waals surface area contributed by atoms with Gasteiger partial charge in [-0.15, -0.1) is 5.10 Å². The van der Waals surface area contributed by atoms with Gasteiger partial charge in [-0.25, -0.2) is 0 Å². The van der Waals surface area contributed by atoms with Gasteiger partial charge in [0.1, 0.15) is 4.88 Å². The molecule has 1 atom stereocenters. The topological polar surface area (TPSA) is 80.2 Å². The summed E-state index contributed by atoms with van der Waals surface area (Å²) in [4.78, 5) is 19.6. The average Bonchev–Trinajstić information content (AvgIpc) is 3.03. The van der Waals surface area contributed by atoms with Crippen LogP contribution in [0.3, 0.4) is 0 Å². The van der Waals surface area contributed by atoms with Gasteiger partial charge in [-0.2, -0.15) is 0 Å². The van der Waals surface area contributed by atoms with Crippen LogP contribution in [0.15, 0.2) is 24.4 Å². The largest absolute Gasteiger partial charge is 0.379 e. The second-order valence-electron chi connectivity index (χ2n) is 5.32. The zero-order chi connectivity index (χ0) is 16.1. The van der Waals surface area contributed by atoms with Crippen molar-refractivity contribution in [2.45, 2.75) is 13.0 Å². The zero-order valence-electron chi connectivity index (χ0n) is 12.9. The fraction of sp³-hybridized carbons (Fsp3) is 0.467. The minimum Gasteiger partial charge on any atom is -0.379 e. The maximum atomic E-state index is 12.3. The molecule has 1 aliphatic heterocycles. The van der Waals surface area contributed by atoms with E-state index < -0.39 is 0 Å². The Hall–Kier alpha value is -1.90. The molecule has 2 aromatic rings. The van der Waals surface area contributed by atoms with Crippen molar-refractivity contribution in [1.29, 1.82) is 0 Å². The van der Waals surface area contributed by atoms with Crippen molar-refractivity contribution in [3.63, 3.8) is 0 Å². The molecule has 7 nitrogen and oxygen atoms in total. The maximum absolute atomic E-state index is 12.3. The van der Waals surface area contributed by atoms with Gasteiger partial charge in [0, 0.05) is 25.8 Å². The predicted octanol–water partition coefficient (Wildman–Crippen LogP) is 1.04. The molecule has 0 saturated carbocycles. The number of carbonyl (C=O) groups is 1. The molecule has 3 heterocycles. The number of hydrogen-bond donors (Lipinski definition) is 1. The Bertz CT molecular complexity index is 642. The highest BCUT2D eigenvalue weighted by Crippen LogP contribution is 2.19. The second-order valence-corrected chi connectivity index (χ2v) is 6.07. The first kappa shape index (κ1) is 16.0. The highest BCUT2D eigenvalue weighted by Gasteiger charge is 2.25. The third kappa shape index (κ3) is 3.90. The number of nitrogens with one attached hydrogen (secondary N) is 1. The van der Waals surface area contributed by atoms with E-state index in [0.29, 0.717) is 30.3 Å². The summed E-state index contributed by atoms with van der Waals surface area (Å²) in [6.07, 6.45) is 1.78. The molecule has 1 fully saturated rings. The van der Waals surface area contributed by atoms with Crippen molar-refractivity contribution >= 4 is 17.4 Å². The second kappa shape index (κ2) is 7.58. The Balaban J connectivity index is 1.71. The van der Waals surface area contributed by atoms with Crippen molar-refractivity contribution in [3.05, 3.63) is 40.7 Å². The third-order valence-electron chi connectivity index (χ3n) is 3.83. The van der Waals surface area contributed by atoms with Crippen molar-refractivity contribution in [2.24, 2.45) is 0 Å². The van der Waals surface area contributed by atoms with E-state index in [4.69, 9.17) is 4.74 Å². The first-order valence-corrected chi connectivity index (χ1v) is 8.33. The first-order chi connectivity index (χ1) is 11.3. The lowest BCUT2D eigenvalue weighted by atomic mass is 10.1. The van der Waals surface area contributed by atoms with Gasteiger partial charge in [-0.3, -0.25) is 14.7 Å². The molecule has 1 N–H and O–H groups in total. The Kier molecular flexibility index (Phi) is 5.27. The minimum absolute atomic E-state index is 0.0326. The number of hydrogen-bond acceptors (Lipinski definition) is 7. The Morgan fingerprint density at radius 2 is 2.26 bits per heavy atom. The Labute approximate surface area is 138 Å². The van der Waals surface area contributed by atoms with E-state index in [1.54, 1.807) is 13.1 Å². The first-order valence-electron chi connectivity index (χ1n) is 7.55.